The van der Waals surface area contributed by atoms with E-state index in [1.807, 2.05) is 0 Å². The van der Waals surface area contributed by atoms with Crippen molar-refractivity contribution in [2.75, 3.05) is 7.11 Å². The van der Waals surface area contributed by atoms with Gasteiger partial charge in [-0.25, -0.2) is 10.2 Å². The van der Waals surface area contributed by atoms with Crippen LogP contribution in [0, 0.1) is 0 Å². The minimum absolute atomic E-state index is 0.0708. The Labute approximate surface area is 166 Å². The maximum atomic E-state index is 12.2. The lowest BCUT2D eigenvalue weighted by molar-refractivity contribution is 0.0729. The van der Waals surface area contributed by atoms with Crippen molar-refractivity contribution in [2.45, 2.75) is 0 Å². The number of rotatable bonds is 6. The molecule has 0 radical (unpaired) electrons. The zero-order chi connectivity index (χ0) is 20.6. The maximum Gasteiger partial charge on any atom is 0.345 e. The maximum absolute atomic E-state index is 12.2. The van der Waals surface area contributed by atoms with Gasteiger partial charge in [-0.05, 0) is 60.2 Å². The number of phenolic OH excluding ortho intramolecular Hbond substituents is 1. The summed E-state index contributed by atoms with van der Waals surface area (Å²) in [5.74, 6) is -0.335. The summed E-state index contributed by atoms with van der Waals surface area (Å²) in [5, 5.41) is 13.1. The van der Waals surface area contributed by atoms with Crippen LogP contribution in [0.25, 0.3) is 0 Å². The van der Waals surface area contributed by atoms with Crippen LogP contribution < -0.4 is 14.9 Å². The number of pyridine rings is 1. The van der Waals surface area contributed by atoms with Crippen LogP contribution in [0.2, 0.25) is 0 Å². The number of carbonyl (C=O) groups excluding carboxylic acids is 2. The normalized spacial score (nSPS) is 10.5. The summed E-state index contributed by atoms with van der Waals surface area (Å²) < 4.78 is 10.6. The highest BCUT2D eigenvalue weighted by Crippen LogP contribution is 2.28. The molecule has 0 unspecified atom stereocenters. The largest absolute Gasteiger partial charge is 0.508 e. The molecule has 0 aliphatic rings. The first kappa shape index (κ1) is 19.6. The quantitative estimate of drug-likeness (QED) is 0.289. The van der Waals surface area contributed by atoms with Gasteiger partial charge in [-0.1, -0.05) is 0 Å². The Morgan fingerprint density at radius 3 is 2.55 bits per heavy atom. The van der Waals surface area contributed by atoms with Gasteiger partial charge in [-0.3, -0.25) is 9.78 Å². The third-order valence-electron chi connectivity index (χ3n) is 3.80. The Morgan fingerprint density at radius 1 is 1.07 bits per heavy atom. The van der Waals surface area contributed by atoms with E-state index in [2.05, 4.69) is 15.5 Å². The third-order valence-corrected chi connectivity index (χ3v) is 3.80. The Hall–Kier alpha value is -4.20. The molecular weight excluding hydrogens is 374 g/mol. The number of amides is 1. The molecule has 0 aliphatic carbocycles. The zero-order valence-electron chi connectivity index (χ0n) is 15.4. The summed E-state index contributed by atoms with van der Waals surface area (Å²) in [6.07, 6.45) is 4.39. The highest BCUT2D eigenvalue weighted by atomic mass is 16.6. The Balaban J connectivity index is 1.66. The second-order valence-electron chi connectivity index (χ2n) is 5.79. The number of esters is 1. The molecule has 0 saturated carbocycles. The van der Waals surface area contributed by atoms with Gasteiger partial charge >= 0.3 is 5.97 Å². The summed E-state index contributed by atoms with van der Waals surface area (Å²) >= 11 is 0. The number of aromatic nitrogens is 1. The second-order valence-corrected chi connectivity index (χ2v) is 5.79. The number of hydrogen-bond acceptors (Lipinski definition) is 7. The molecule has 1 heterocycles. The van der Waals surface area contributed by atoms with Crippen LogP contribution in [0.5, 0.6) is 17.2 Å². The smallest absolute Gasteiger partial charge is 0.345 e. The number of phenols is 1. The minimum atomic E-state index is -0.557. The van der Waals surface area contributed by atoms with E-state index in [0.29, 0.717) is 22.4 Å². The molecule has 0 fully saturated rings. The molecule has 146 valence electrons. The Bertz CT molecular complexity index is 1030. The van der Waals surface area contributed by atoms with Gasteiger partial charge in [-0.2, -0.15) is 5.10 Å². The average molecular weight is 391 g/mol. The number of hydrazone groups is 1. The van der Waals surface area contributed by atoms with Crippen molar-refractivity contribution in [3.05, 3.63) is 83.7 Å². The number of aromatic hydroxyl groups is 1. The number of nitrogens with zero attached hydrogens (tertiary/aromatic N) is 2. The molecule has 8 nitrogen and oxygen atoms in total. The van der Waals surface area contributed by atoms with Crippen molar-refractivity contribution < 1.29 is 24.2 Å². The standard InChI is InChI=1S/C21H17N3O5/c1-28-19-11-14(12-23-24-20(26)15-5-7-17(25)8-6-15)4-9-18(19)29-21(27)16-3-2-10-22-13-16/h2-13,25H,1H3,(H,24,26)/b23-12-. The monoisotopic (exact) mass is 391 g/mol. The van der Waals surface area contributed by atoms with Gasteiger partial charge in [0.2, 0.25) is 0 Å². The van der Waals surface area contributed by atoms with E-state index in [4.69, 9.17) is 9.47 Å². The van der Waals surface area contributed by atoms with Crippen LogP contribution in [0.4, 0.5) is 0 Å². The fourth-order valence-electron chi connectivity index (χ4n) is 2.33. The molecule has 2 aromatic carbocycles. The predicted octanol–water partition coefficient (Wildman–Crippen LogP) is 2.78. The van der Waals surface area contributed by atoms with Crippen molar-refractivity contribution in [1.29, 1.82) is 0 Å². The molecule has 3 rings (SSSR count). The van der Waals surface area contributed by atoms with Gasteiger partial charge in [0.25, 0.3) is 5.91 Å². The van der Waals surface area contributed by atoms with Crippen LogP contribution in [0.1, 0.15) is 26.3 Å². The Kier molecular flexibility index (Phi) is 6.16. The zero-order valence-corrected chi connectivity index (χ0v) is 15.4. The average Bonchev–Trinajstić information content (AvgIpc) is 2.75. The van der Waals surface area contributed by atoms with Gasteiger partial charge in [0.05, 0.1) is 18.9 Å². The van der Waals surface area contributed by atoms with E-state index in [1.54, 1.807) is 36.5 Å². The number of carbonyl (C=O) groups is 2. The summed E-state index contributed by atoms with van der Waals surface area (Å²) in [6, 6.07) is 13.9. The van der Waals surface area contributed by atoms with Crippen molar-refractivity contribution in [3.63, 3.8) is 0 Å². The van der Waals surface area contributed by atoms with Gasteiger partial charge in [-0.15, -0.1) is 0 Å². The van der Waals surface area contributed by atoms with E-state index in [0.717, 1.165) is 0 Å². The summed E-state index contributed by atoms with van der Waals surface area (Å²) in [7, 11) is 1.45. The van der Waals surface area contributed by atoms with E-state index >= 15 is 0 Å². The van der Waals surface area contributed by atoms with Gasteiger partial charge in [0.15, 0.2) is 11.5 Å². The SMILES string of the molecule is COc1cc(/C=N\NC(=O)c2ccc(O)cc2)ccc1OC(=O)c1cccnc1. The van der Waals surface area contributed by atoms with Crippen LogP contribution in [0.15, 0.2) is 72.1 Å². The number of hydrogen-bond donors (Lipinski definition) is 2. The molecule has 1 aromatic heterocycles. The first-order chi connectivity index (χ1) is 14.1. The lowest BCUT2D eigenvalue weighted by atomic mass is 10.2. The van der Waals surface area contributed by atoms with Gasteiger partial charge in [0, 0.05) is 18.0 Å². The van der Waals surface area contributed by atoms with Crippen LogP contribution in [-0.4, -0.2) is 35.3 Å². The molecule has 2 N–H and O–H groups in total. The van der Waals surface area contributed by atoms with Crippen LogP contribution in [-0.2, 0) is 0 Å². The summed E-state index contributed by atoms with van der Waals surface area (Å²) in [4.78, 5) is 28.0. The number of methoxy groups -OCH3 is 1. The van der Waals surface area contributed by atoms with Crippen molar-refractivity contribution in [2.24, 2.45) is 5.10 Å². The van der Waals surface area contributed by atoms with E-state index in [1.165, 1.54) is 43.8 Å². The van der Waals surface area contributed by atoms with Crippen LogP contribution >= 0.6 is 0 Å². The number of ether oxygens (including phenoxy) is 2. The molecule has 0 aliphatic heterocycles. The molecule has 1 amide bonds. The minimum Gasteiger partial charge on any atom is -0.508 e. The van der Waals surface area contributed by atoms with Crippen molar-refractivity contribution in [3.8, 4) is 17.2 Å². The van der Waals surface area contributed by atoms with Gasteiger partial charge < -0.3 is 14.6 Å². The summed E-state index contributed by atoms with van der Waals surface area (Å²) in [5.41, 5.74) is 3.68. The second kappa shape index (κ2) is 9.14. The summed E-state index contributed by atoms with van der Waals surface area (Å²) in [6.45, 7) is 0. The highest BCUT2D eigenvalue weighted by molar-refractivity contribution is 5.95. The van der Waals surface area contributed by atoms with E-state index in [-0.39, 0.29) is 11.5 Å². The fraction of sp³-hybridized carbons (Fsp3) is 0.0476. The van der Waals surface area contributed by atoms with Crippen LogP contribution in [0.3, 0.4) is 0 Å². The molecule has 3 aromatic rings. The number of nitrogens with one attached hydrogen (secondary N) is 1. The lowest BCUT2D eigenvalue weighted by Crippen LogP contribution is -2.17. The molecule has 0 saturated heterocycles. The molecule has 0 atom stereocenters. The topological polar surface area (TPSA) is 110 Å². The van der Waals surface area contributed by atoms with Crippen molar-refractivity contribution >= 4 is 18.1 Å². The first-order valence-electron chi connectivity index (χ1n) is 8.49. The fourth-order valence-corrected chi connectivity index (χ4v) is 2.33. The predicted molar refractivity (Wildman–Crippen MR) is 105 cm³/mol. The molecule has 8 heteroatoms. The molecule has 0 bridgehead atoms. The first-order valence-corrected chi connectivity index (χ1v) is 8.49. The molecule has 29 heavy (non-hydrogen) atoms. The molecular formula is C21H17N3O5. The molecule has 0 spiro atoms. The van der Waals surface area contributed by atoms with E-state index in [9.17, 15) is 14.7 Å². The van der Waals surface area contributed by atoms with Gasteiger partial charge in [0.1, 0.15) is 5.75 Å². The van der Waals surface area contributed by atoms with E-state index < -0.39 is 11.9 Å². The number of benzene rings is 2. The third kappa shape index (κ3) is 5.16. The highest BCUT2D eigenvalue weighted by Gasteiger charge is 2.13. The lowest BCUT2D eigenvalue weighted by Gasteiger charge is -2.09. The van der Waals surface area contributed by atoms with Crippen molar-refractivity contribution in [1.82, 2.24) is 10.4 Å². The Morgan fingerprint density at radius 2 is 1.86 bits per heavy atom.